The molecule has 0 radical (unpaired) electrons. The summed E-state index contributed by atoms with van der Waals surface area (Å²) < 4.78 is 24.7. The second-order valence-corrected chi connectivity index (χ2v) is 10.2. The third-order valence-electron chi connectivity index (χ3n) is 9.56. The lowest BCUT2D eigenvalue weighted by molar-refractivity contribution is -0.248. The minimum atomic E-state index is -0.248. The minimum absolute atomic E-state index is 0.208. The molecule has 0 bridgehead atoms. The number of rotatable bonds is 0. The summed E-state index contributed by atoms with van der Waals surface area (Å²) in [5.74, 6) is 3.88. The Kier molecular flexibility index (Phi) is 3.66. The largest absolute Gasteiger partial charge is 0.348 e. The van der Waals surface area contributed by atoms with E-state index in [0.29, 0.717) is 0 Å². The first-order chi connectivity index (χ1) is 12.6. The van der Waals surface area contributed by atoms with Gasteiger partial charge in [0.1, 0.15) is 0 Å². The highest BCUT2D eigenvalue weighted by molar-refractivity contribution is 5.11. The molecule has 4 saturated carbocycles. The molecule has 4 heteroatoms. The summed E-state index contributed by atoms with van der Waals surface area (Å²) in [5.41, 5.74) is 0.241. The molecule has 2 spiro atoms. The van der Waals surface area contributed by atoms with Gasteiger partial charge in [0.25, 0.3) is 0 Å². The maximum atomic E-state index is 6.27. The molecule has 2 aliphatic heterocycles. The average Bonchev–Trinajstić information content (AvgIpc) is 3.37. The van der Waals surface area contributed by atoms with Crippen LogP contribution < -0.4 is 0 Å². The summed E-state index contributed by atoms with van der Waals surface area (Å²) in [6.45, 7) is 5.68. The third-order valence-corrected chi connectivity index (χ3v) is 9.56. The Labute approximate surface area is 157 Å². The summed E-state index contributed by atoms with van der Waals surface area (Å²) in [7, 11) is 0. The Balaban J connectivity index is 1.24. The molecule has 6 rings (SSSR count). The molecule has 0 amide bonds. The van der Waals surface area contributed by atoms with Crippen LogP contribution in [0, 0.1) is 35.0 Å². The van der Waals surface area contributed by atoms with Crippen molar-refractivity contribution in [2.24, 2.45) is 35.0 Å². The molecule has 6 atom stereocenters. The topological polar surface area (TPSA) is 36.9 Å². The van der Waals surface area contributed by atoms with E-state index in [2.05, 4.69) is 6.92 Å². The van der Waals surface area contributed by atoms with E-state index in [9.17, 15) is 0 Å². The molecular formula is C22H34O4. The van der Waals surface area contributed by atoms with E-state index in [1.807, 2.05) is 0 Å². The zero-order valence-electron chi connectivity index (χ0n) is 16.2. The fraction of sp³-hybridized carbons (Fsp3) is 1.00. The van der Waals surface area contributed by atoms with Gasteiger partial charge in [-0.2, -0.15) is 0 Å². The van der Waals surface area contributed by atoms with Crippen LogP contribution in [0.3, 0.4) is 0 Å². The highest BCUT2D eigenvalue weighted by atomic mass is 16.7. The SMILES string of the molecule is C[C@]12CC[C@H]3[C@@H](CC[C@@H]4CC5(CC[C@@H]43)OCCO5)[C@@H]1CCC21OCCO1. The van der Waals surface area contributed by atoms with Crippen molar-refractivity contribution in [2.45, 2.75) is 76.3 Å². The van der Waals surface area contributed by atoms with Gasteiger partial charge >= 0.3 is 0 Å². The molecule has 2 saturated heterocycles. The maximum Gasteiger partial charge on any atom is 0.174 e. The molecule has 6 aliphatic rings. The summed E-state index contributed by atoms with van der Waals surface area (Å²) in [6, 6.07) is 0. The number of fused-ring (bicyclic) bond motifs is 6. The molecule has 0 unspecified atom stereocenters. The van der Waals surface area contributed by atoms with Gasteiger partial charge in [-0.25, -0.2) is 0 Å². The van der Waals surface area contributed by atoms with Crippen molar-refractivity contribution in [3.8, 4) is 0 Å². The predicted octanol–water partition coefficient (Wildman–Crippen LogP) is 4.13. The van der Waals surface area contributed by atoms with Gasteiger partial charge in [-0.3, -0.25) is 0 Å². The van der Waals surface area contributed by atoms with E-state index in [0.717, 1.165) is 75.3 Å². The first-order valence-corrected chi connectivity index (χ1v) is 11.2. The highest BCUT2D eigenvalue weighted by Crippen LogP contribution is 2.67. The van der Waals surface area contributed by atoms with E-state index in [1.54, 1.807) is 0 Å². The first-order valence-electron chi connectivity index (χ1n) is 11.2. The van der Waals surface area contributed by atoms with E-state index >= 15 is 0 Å². The van der Waals surface area contributed by atoms with Gasteiger partial charge in [-0.05, 0) is 68.1 Å². The first kappa shape index (κ1) is 16.8. The van der Waals surface area contributed by atoms with Crippen LogP contribution in [-0.4, -0.2) is 38.0 Å². The maximum absolute atomic E-state index is 6.27. The van der Waals surface area contributed by atoms with Crippen LogP contribution in [0.2, 0.25) is 0 Å². The van der Waals surface area contributed by atoms with Gasteiger partial charge in [0.2, 0.25) is 0 Å². The minimum Gasteiger partial charge on any atom is -0.348 e. The number of ether oxygens (including phenoxy) is 4. The fourth-order valence-electron chi connectivity index (χ4n) is 8.47. The lowest BCUT2D eigenvalue weighted by Crippen LogP contribution is -2.55. The Morgan fingerprint density at radius 2 is 1.38 bits per heavy atom. The smallest absolute Gasteiger partial charge is 0.174 e. The second-order valence-electron chi connectivity index (χ2n) is 10.2. The lowest BCUT2D eigenvalue weighted by atomic mass is 9.50. The van der Waals surface area contributed by atoms with E-state index < -0.39 is 0 Å². The lowest BCUT2D eigenvalue weighted by Gasteiger charge is -2.57. The molecule has 4 aliphatic carbocycles. The highest BCUT2D eigenvalue weighted by Gasteiger charge is 2.66. The Bertz CT molecular complexity index is 564. The molecular weight excluding hydrogens is 328 g/mol. The summed E-state index contributed by atoms with van der Waals surface area (Å²) in [5, 5.41) is 0. The van der Waals surface area contributed by atoms with Gasteiger partial charge in [-0.1, -0.05) is 6.92 Å². The van der Waals surface area contributed by atoms with Crippen molar-refractivity contribution in [2.75, 3.05) is 26.4 Å². The molecule has 2 heterocycles. The van der Waals surface area contributed by atoms with E-state index in [-0.39, 0.29) is 17.0 Å². The molecule has 146 valence electrons. The van der Waals surface area contributed by atoms with Crippen molar-refractivity contribution >= 4 is 0 Å². The van der Waals surface area contributed by atoms with E-state index in [4.69, 9.17) is 18.9 Å². The third kappa shape index (κ3) is 2.11. The van der Waals surface area contributed by atoms with Crippen LogP contribution in [0.4, 0.5) is 0 Å². The van der Waals surface area contributed by atoms with Crippen molar-refractivity contribution in [1.29, 1.82) is 0 Å². The van der Waals surface area contributed by atoms with Crippen LogP contribution in [0.1, 0.15) is 64.7 Å². The zero-order valence-corrected chi connectivity index (χ0v) is 16.2. The number of hydrogen-bond donors (Lipinski definition) is 0. The quantitative estimate of drug-likeness (QED) is 0.649. The Morgan fingerprint density at radius 3 is 2.19 bits per heavy atom. The fourth-order valence-corrected chi connectivity index (χ4v) is 8.47. The number of hydrogen-bond acceptors (Lipinski definition) is 4. The summed E-state index contributed by atoms with van der Waals surface area (Å²) >= 11 is 0. The zero-order chi connectivity index (χ0) is 17.4. The van der Waals surface area contributed by atoms with Gasteiger partial charge in [0.05, 0.1) is 26.4 Å². The summed E-state index contributed by atoms with van der Waals surface area (Å²) in [6.07, 6.45) is 11.5. The summed E-state index contributed by atoms with van der Waals surface area (Å²) in [4.78, 5) is 0. The van der Waals surface area contributed by atoms with Gasteiger partial charge in [0, 0.05) is 24.7 Å². The average molecular weight is 363 g/mol. The van der Waals surface area contributed by atoms with Crippen molar-refractivity contribution in [3.63, 3.8) is 0 Å². The predicted molar refractivity (Wildman–Crippen MR) is 96.4 cm³/mol. The standard InChI is InChI=1S/C22H34O4/c1-20-7-4-17-16-5-8-21(23-10-11-24-21)14-15(16)2-3-18(17)19(20)6-9-22(20)25-12-13-26-22/h15-19H,2-14H2,1H3/t15-,16+,17-,18-,19+,20+/m1/s1. The van der Waals surface area contributed by atoms with Crippen LogP contribution >= 0.6 is 0 Å². The van der Waals surface area contributed by atoms with Crippen LogP contribution in [0.25, 0.3) is 0 Å². The molecule has 6 fully saturated rings. The monoisotopic (exact) mass is 362 g/mol. The van der Waals surface area contributed by atoms with Crippen molar-refractivity contribution in [3.05, 3.63) is 0 Å². The van der Waals surface area contributed by atoms with Crippen LogP contribution in [-0.2, 0) is 18.9 Å². The normalized spacial score (nSPS) is 51.3. The molecule has 0 N–H and O–H groups in total. The van der Waals surface area contributed by atoms with Gasteiger partial charge in [-0.15, -0.1) is 0 Å². The molecule has 4 nitrogen and oxygen atoms in total. The van der Waals surface area contributed by atoms with Crippen molar-refractivity contribution < 1.29 is 18.9 Å². The molecule has 0 aromatic rings. The van der Waals surface area contributed by atoms with Crippen molar-refractivity contribution in [1.82, 2.24) is 0 Å². The molecule has 0 aromatic heterocycles. The van der Waals surface area contributed by atoms with Gasteiger partial charge in [0.15, 0.2) is 11.6 Å². The Hall–Kier alpha value is -0.160. The van der Waals surface area contributed by atoms with Crippen LogP contribution in [0.15, 0.2) is 0 Å². The molecule has 0 aromatic carbocycles. The van der Waals surface area contributed by atoms with E-state index in [1.165, 1.54) is 38.5 Å². The Morgan fingerprint density at radius 1 is 0.654 bits per heavy atom. The second kappa shape index (κ2) is 5.68. The van der Waals surface area contributed by atoms with Gasteiger partial charge < -0.3 is 18.9 Å². The molecule has 26 heavy (non-hydrogen) atoms. The van der Waals surface area contributed by atoms with Crippen LogP contribution in [0.5, 0.6) is 0 Å².